The number of hydrogen-bond acceptors (Lipinski definition) is 5. The summed E-state index contributed by atoms with van der Waals surface area (Å²) in [6.45, 7) is 5.97. The van der Waals surface area contributed by atoms with Crippen LogP contribution in [-0.2, 0) is 11.3 Å². The number of carbonyl (C=O) groups is 3. The van der Waals surface area contributed by atoms with Crippen molar-refractivity contribution in [1.29, 1.82) is 0 Å². The van der Waals surface area contributed by atoms with Gasteiger partial charge in [-0.05, 0) is 48.5 Å². The Morgan fingerprint density at radius 2 is 1.56 bits per heavy atom. The molecule has 1 aliphatic rings. The largest absolute Gasteiger partial charge is 0.497 e. The number of rotatable bonds is 6. The molecule has 0 saturated carbocycles. The van der Waals surface area contributed by atoms with E-state index in [4.69, 9.17) is 4.74 Å². The molecule has 2 aromatic carbocycles. The number of carbonyl (C=O) groups excluding carboxylic acids is 3. The fourth-order valence-corrected chi connectivity index (χ4v) is 3.66. The van der Waals surface area contributed by atoms with Gasteiger partial charge in [-0.1, -0.05) is 19.1 Å². The van der Waals surface area contributed by atoms with Gasteiger partial charge >= 0.3 is 18.1 Å². The number of piperazine rings is 1. The first-order valence-corrected chi connectivity index (χ1v) is 11.3. The van der Waals surface area contributed by atoms with Crippen molar-refractivity contribution < 1.29 is 32.3 Å². The number of nitrogens with one attached hydrogen (secondary N) is 2. The van der Waals surface area contributed by atoms with Gasteiger partial charge in [0.25, 0.3) is 5.91 Å². The number of methoxy groups -OCH3 is 1. The Hall–Kier alpha value is -3.80. The van der Waals surface area contributed by atoms with E-state index in [9.17, 15) is 27.6 Å². The predicted octanol–water partition coefficient (Wildman–Crippen LogP) is 2.78. The molecule has 0 bridgehead atoms. The Labute approximate surface area is 206 Å². The van der Waals surface area contributed by atoms with Crippen molar-refractivity contribution in [3.8, 4) is 5.75 Å². The maximum Gasteiger partial charge on any atom is 0.472 e. The Bertz CT molecular complexity index is 1050. The lowest BCUT2D eigenvalue weighted by molar-refractivity contribution is -0.174. The summed E-state index contributed by atoms with van der Waals surface area (Å²) < 4.78 is 42.1. The number of hydrazine groups is 1. The normalized spacial score (nSPS) is 14.2. The molecule has 0 atom stereocenters. The van der Waals surface area contributed by atoms with Gasteiger partial charge in [-0.2, -0.15) is 13.2 Å². The van der Waals surface area contributed by atoms with Gasteiger partial charge in [-0.25, -0.2) is 4.79 Å². The van der Waals surface area contributed by atoms with Crippen molar-refractivity contribution in [3.05, 3.63) is 59.7 Å². The molecule has 0 radical (unpaired) electrons. The SMILES string of the molecule is CCN1CCN(C(=O)N(Cc2ccc(C(=O)NNC(=O)C(F)(F)F)cc2)c2ccc(OC)cc2)CC1. The zero-order chi connectivity index (χ0) is 26.3. The molecular weight excluding hydrogens is 479 g/mol. The first-order valence-electron chi connectivity index (χ1n) is 11.3. The van der Waals surface area contributed by atoms with Gasteiger partial charge in [0, 0.05) is 37.4 Å². The molecule has 2 N–H and O–H groups in total. The Balaban J connectivity index is 1.73. The quantitative estimate of drug-likeness (QED) is 0.587. The number of halogens is 3. The number of hydrogen-bond donors (Lipinski definition) is 2. The van der Waals surface area contributed by atoms with E-state index in [1.165, 1.54) is 17.6 Å². The van der Waals surface area contributed by atoms with Crippen LogP contribution in [0.5, 0.6) is 5.75 Å². The summed E-state index contributed by atoms with van der Waals surface area (Å²) >= 11 is 0. The first kappa shape index (κ1) is 26.8. The van der Waals surface area contributed by atoms with E-state index in [2.05, 4.69) is 11.8 Å². The lowest BCUT2D eigenvalue weighted by Gasteiger charge is -2.37. The summed E-state index contributed by atoms with van der Waals surface area (Å²) in [5, 5.41) is 0. The standard InChI is InChI=1S/C24H28F3N5O4/c1-3-30-12-14-31(15-13-30)23(35)32(19-8-10-20(36-2)11-9-19)16-17-4-6-18(7-5-17)21(33)28-29-22(34)24(25,26)27/h4-11H,3,12-16H2,1-2H3,(H,28,33)(H,29,34). The van der Waals surface area contributed by atoms with Crippen LogP contribution in [0.4, 0.5) is 23.7 Å². The summed E-state index contributed by atoms with van der Waals surface area (Å²) in [5.74, 6) is -2.53. The van der Waals surface area contributed by atoms with Crippen LogP contribution in [0.25, 0.3) is 0 Å². The highest BCUT2D eigenvalue weighted by molar-refractivity contribution is 5.96. The summed E-state index contributed by atoms with van der Waals surface area (Å²) in [7, 11) is 1.55. The number of amides is 4. The van der Waals surface area contributed by atoms with Crippen LogP contribution in [-0.4, -0.2) is 73.7 Å². The summed E-state index contributed by atoms with van der Waals surface area (Å²) in [6, 6.07) is 12.9. The lowest BCUT2D eigenvalue weighted by Crippen LogP contribution is -2.52. The van der Waals surface area contributed by atoms with Crippen LogP contribution in [0, 0.1) is 0 Å². The van der Waals surface area contributed by atoms with Crippen molar-refractivity contribution in [2.24, 2.45) is 0 Å². The average Bonchev–Trinajstić information content (AvgIpc) is 2.89. The number of likely N-dealkylation sites (N-methyl/N-ethyl adjacent to an activating group) is 1. The van der Waals surface area contributed by atoms with E-state index in [0.717, 1.165) is 19.6 Å². The molecule has 36 heavy (non-hydrogen) atoms. The van der Waals surface area contributed by atoms with Crippen molar-refractivity contribution in [1.82, 2.24) is 20.7 Å². The second-order valence-corrected chi connectivity index (χ2v) is 8.09. The first-order chi connectivity index (χ1) is 17.1. The molecule has 12 heteroatoms. The van der Waals surface area contributed by atoms with Gasteiger partial charge in [0.15, 0.2) is 0 Å². The predicted molar refractivity (Wildman–Crippen MR) is 126 cm³/mol. The van der Waals surface area contributed by atoms with Crippen LogP contribution in [0.2, 0.25) is 0 Å². The number of urea groups is 1. The highest BCUT2D eigenvalue weighted by atomic mass is 19.4. The van der Waals surface area contributed by atoms with Crippen LogP contribution in [0.3, 0.4) is 0 Å². The highest BCUT2D eigenvalue weighted by Crippen LogP contribution is 2.23. The molecule has 0 unspecified atom stereocenters. The minimum atomic E-state index is -5.11. The zero-order valence-electron chi connectivity index (χ0n) is 20.0. The molecule has 1 aliphatic heterocycles. The third kappa shape index (κ3) is 6.87. The molecular formula is C24H28F3N5O4. The Morgan fingerprint density at radius 3 is 2.08 bits per heavy atom. The molecule has 3 rings (SSSR count). The minimum absolute atomic E-state index is 0.0410. The maximum atomic E-state index is 13.5. The fraction of sp³-hybridized carbons (Fsp3) is 0.375. The zero-order valence-corrected chi connectivity index (χ0v) is 20.0. The van der Waals surface area contributed by atoms with E-state index in [1.54, 1.807) is 58.7 Å². The van der Waals surface area contributed by atoms with Gasteiger partial charge in [0.1, 0.15) is 5.75 Å². The molecule has 194 valence electrons. The number of benzene rings is 2. The smallest absolute Gasteiger partial charge is 0.472 e. The number of nitrogens with zero attached hydrogens (tertiary/aromatic N) is 3. The van der Waals surface area contributed by atoms with E-state index >= 15 is 0 Å². The molecule has 1 saturated heterocycles. The van der Waals surface area contributed by atoms with Crippen LogP contribution in [0.1, 0.15) is 22.8 Å². The summed E-state index contributed by atoms with van der Waals surface area (Å²) in [6.07, 6.45) is -5.11. The van der Waals surface area contributed by atoms with E-state index < -0.39 is 18.0 Å². The Morgan fingerprint density at radius 1 is 0.944 bits per heavy atom. The second kappa shape index (κ2) is 11.8. The lowest BCUT2D eigenvalue weighted by atomic mass is 10.1. The van der Waals surface area contributed by atoms with Crippen LogP contribution < -0.4 is 20.5 Å². The van der Waals surface area contributed by atoms with Gasteiger partial charge in [-0.3, -0.25) is 25.3 Å². The van der Waals surface area contributed by atoms with E-state index in [0.29, 0.717) is 30.1 Å². The van der Waals surface area contributed by atoms with Gasteiger partial charge in [0.2, 0.25) is 0 Å². The fourth-order valence-electron chi connectivity index (χ4n) is 3.66. The van der Waals surface area contributed by atoms with Crippen molar-refractivity contribution in [2.45, 2.75) is 19.6 Å². The second-order valence-electron chi connectivity index (χ2n) is 8.09. The van der Waals surface area contributed by atoms with Crippen LogP contribution in [0.15, 0.2) is 48.5 Å². The molecule has 4 amide bonds. The van der Waals surface area contributed by atoms with Gasteiger partial charge in [0.05, 0.1) is 13.7 Å². The van der Waals surface area contributed by atoms with Crippen molar-refractivity contribution in [3.63, 3.8) is 0 Å². The molecule has 1 fully saturated rings. The van der Waals surface area contributed by atoms with Crippen molar-refractivity contribution in [2.75, 3.05) is 44.7 Å². The van der Waals surface area contributed by atoms with Gasteiger partial charge < -0.3 is 14.5 Å². The van der Waals surface area contributed by atoms with Crippen LogP contribution >= 0.6 is 0 Å². The molecule has 0 aromatic heterocycles. The third-order valence-corrected chi connectivity index (χ3v) is 5.81. The number of ether oxygens (including phenoxy) is 1. The molecule has 1 heterocycles. The third-order valence-electron chi connectivity index (χ3n) is 5.81. The molecule has 2 aromatic rings. The van der Waals surface area contributed by atoms with E-state index in [1.807, 2.05) is 0 Å². The minimum Gasteiger partial charge on any atom is -0.497 e. The number of anilines is 1. The highest BCUT2D eigenvalue weighted by Gasteiger charge is 2.39. The molecule has 0 aliphatic carbocycles. The average molecular weight is 508 g/mol. The maximum absolute atomic E-state index is 13.5. The monoisotopic (exact) mass is 507 g/mol. The Kier molecular flexibility index (Phi) is 8.75. The molecule has 0 spiro atoms. The topological polar surface area (TPSA) is 94.2 Å². The summed E-state index contributed by atoms with van der Waals surface area (Å²) in [4.78, 5) is 42.1. The van der Waals surface area contributed by atoms with E-state index in [-0.39, 0.29) is 18.1 Å². The summed E-state index contributed by atoms with van der Waals surface area (Å²) in [5.41, 5.74) is 4.45. The number of alkyl halides is 3. The molecule has 9 nitrogen and oxygen atoms in total. The van der Waals surface area contributed by atoms with Gasteiger partial charge in [-0.15, -0.1) is 0 Å². The van der Waals surface area contributed by atoms with Crippen molar-refractivity contribution >= 4 is 23.5 Å².